The van der Waals surface area contributed by atoms with Gasteiger partial charge >= 0.3 is 5.97 Å². The number of nitrogens with one attached hydrogen (secondary N) is 1. The van der Waals surface area contributed by atoms with Crippen molar-refractivity contribution >= 4 is 17.6 Å². The van der Waals surface area contributed by atoms with Gasteiger partial charge in [-0.05, 0) is 55.0 Å². The molecule has 2 aromatic rings. The fourth-order valence-electron chi connectivity index (χ4n) is 2.92. The van der Waals surface area contributed by atoms with Gasteiger partial charge in [-0.1, -0.05) is 18.2 Å². The van der Waals surface area contributed by atoms with Crippen LogP contribution < -0.4 is 5.32 Å². The van der Waals surface area contributed by atoms with Crippen molar-refractivity contribution in [2.45, 2.75) is 32.1 Å². The number of nitrogens with zero attached hydrogens (tertiary/aromatic N) is 1. The molecule has 0 unspecified atom stereocenters. The fraction of sp³-hybridized carbons (Fsp3) is 0.350. The van der Waals surface area contributed by atoms with Crippen molar-refractivity contribution in [1.29, 1.82) is 0 Å². The van der Waals surface area contributed by atoms with E-state index in [4.69, 9.17) is 4.74 Å². The molecule has 130 valence electrons. The number of hydrogen-bond acceptors (Lipinski definition) is 4. The number of esters is 1. The van der Waals surface area contributed by atoms with E-state index in [1.54, 1.807) is 13.1 Å². The van der Waals surface area contributed by atoms with Gasteiger partial charge in [0.1, 0.15) is 0 Å². The first-order valence-corrected chi connectivity index (χ1v) is 8.62. The first-order valence-electron chi connectivity index (χ1n) is 8.62. The molecule has 0 aliphatic heterocycles. The highest BCUT2D eigenvalue weighted by Gasteiger charge is 2.44. The van der Waals surface area contributed by atoms with Gasteiger partial charge in [0.05, 0.1) is 6.61 Å². The molecule has 5 heteroatoms. The lowest BCUT2D eigenvalue weighted by Gasteiger charge is -2.07. The molecular formula is C20H22N2O3. The Morgan fingerprint density at radius 2 is 2.04 bits per heavy atom. The number of ether oxygens (including phenoxy) is 1. The van der Waals surface area contributed by atoms with Crippen LogP contribution in [0.5, 0.6) is 0 Å². The van der Waals surface area contributed by atoms with Gasteiger partial charge < -0.3 is 10.1 Å². The summed E-state index contributed by atoms with van der Waals surface area (Å²) in [7, 11) is 0. The van der Waals surface area contributed by atoms with Crippen molar-refractivity contribution < 1.29 is 14.3 Å². The quantitative estimate of drug-likeness (QED) is 0.786. The first-order chi connectivity index (χ1) is 12.2. The van der Waals surface area contributed by atoms with Crippen LogP contribution in [-0.2, 0) is 20.7 Å². The summed E-state index contributed by atoms with van der Waals surface area (Å²) in [6.45, 7) is 2.21. The van der Waals surface area contributed by atoms with Gasteiger partial charge in [0.2, 0.25) is 5.91 Å². The van der Waals surface area contributed by atoms with E-state index in [1.165, 1.54) is 0 Å². The highest BCUT2D eigenvalue weighted by molar-refractivity contribution is 5.95. The molecule has 2 atom stereocenters. The summed E-state index contributed by atoms with van der Waals surface area (Å²) in [5.74, 6) is 0.161. The summed E-state index contributed by atoms with van der Waals surface area (Å²) in [5.41, 5.74) is 2.95. The monoisotopic (exact) mass is 338 g/mol. The lowest BCUT2D eigenvalue weighted by atomic mass is 10.1. The number of pyridine rings is 1. The number of aryl methyl sites for hydroxylation is 1. The number of hydrogen-bond donors (Lipinski definition) is 1. The van der Waals surface area contributed by atoms with Crippen molar-refractivity contribution in [2.75, 3.05) is 11.9 Å². The van der Waals surface area contributed by atoms with Gasteiger partial charge in [0.15, 0.2) is 0 Å². The molecule has 0 bridgehead atoms. The van der Waals surface area contributed by atoms with Crippen molar-refractivity contribution in [3.05, 3.63) is 59.9 Å². The number of carbonyl (C=O) groups is 2. The zero-order valence-electron chi connectivity index (χ0n) is 14.3. The smallest absolute Gasteiger partial charge is 0.306 e. The molecule has 1 saturated carbocycles. The predicted octanol–water partition coefficient (Wildman–Crippen LogP) is 3.32. The molecule has 0 radical (unpaired) electrons. The molecule has 1 aromatic carbocycles. The molecule has 25 heavy (non-hydrogen) atoms. The SMILES string of the molecule is CCOC(=O)CCc1ccc(NC(=O)[C@@H]2C[C@H]2c2cccnc2)cc1. The van der Waals surface area contributed by atoms with Crippen LogP contribution in [0.3, 0.4) is 0 Å². The minimum Gasteiger partial charge on any atom is -0.466 e. The van der Waals surface area contributed by atoms with Crippen LogP contribution in [0, 0.1) is 5.92 Å². The van der Waals surface area contributed by atoms with Gasteiger partial charge in [-0.3, -0.25) is 14.6 Å². The average molecular weight is 338 g/mol. The molecule has 1 amide bonds. The maximum absolute atomic E-state index is 12.3. The van der Waals surface area contributed by atoms with Crippen molar-refractivity contribution in [3.63, 3.8) is 0 Å². The largest absolute Gasteiger partial charge is 0.466 e. The standard InChI is InChI=1S/C20H22N2O3/c1-2-25-19(23)10-7-14-5-8-16(9-6-14)22-20(24)18-12-17(18)15-4-3-11-21-13-15/h3-6,8-9,11,13,17-18H,2,7,10,12H2,1H3,(H,22,24)/t17-,18+/m0/s1. The molecule has 1 aliphatic rings. The van der Waals surface area contributed by atoms with Crippen LogP contribution in [0.25, 0.3) is 0 Å². The van der Waals surface area contributed by atoms with Gasteiger partial charge in [-0.15, -0.1) is 0 Å². The lowest BCUT2D eigenvalue weighted by molar-refractivity contribution is -0.143. The molecule has 1 aromatic heterocycles. The Morgan fingerprint density at radius 1 is 1.24 bits per heavy atom. The minimum absolute atomic E-state index is 0.0210. The Labute approximate surface area is 147 Å². The van der Waals surface area contributed by atoms with E-state index in [-0.39, 0.29) is 23.7 Å². The third kappa shape index (κ3) is 4.66. The zero-order valence-corrected chi connectivity index (χ0v) is 14.3. The lowest BCUT2D eigenvalue weighted by Crippen LogP contribution is -2.14. The third-order valence-electron chi connectivity index (χ3n) is 4.38. The summed E-state index contributed by atoms with van der Waals surface area (Å²) >= 11 is 0. The fourth-order valence-corrected chi connectivity index (χ4v) is 2.92. The van der Waals surface area contributed by atoms with E-state index in [0.29, 0.717) is 19.4 Å². The van der Waals surface area contributed by atoms with Crippen molar-refractivity contribution in [2.24, 2.45) is 5.92 Å². The van der Waals surface area contributed by atoms with Gasteiger partial charge in [0, 0.05) is 30.4 Å². The molecule has 1 heterocycles. The second-order valence-electron chi connectivity index (χ2n) is 6.23. The maximum Gasteiger partial charge on any atom is 0.306 e. The number of rotatable bonds is 7. The van der Waals surface area contributed by atoms with Crippen LogP contribution in [-0.4, -0.2) is 23.5 Å². The average Bonchev–Trinajstić information content (AvgIpc) is 3.43. The molecule has 5 nitrogen and oxygen atoms in total. The second-order valence-corrected chi connectivity index (χ2v) is 6.23. The molecular weight excluding hydrogens is 316 g/mol. The van der Waals surface area contributed by atoms with E-state index in [0.717, 1.165) is 23.2 Å². The second kappa shape index (κ2) is 7.92. The van der Waals surface area contributed by atoms with E-state index in [9.17, 15) is 9.59 Å². The number of anilines is 1. The van der Waals surface area contributed by atoms with E-state index < -0.39 is 0 Å². The van der Waals surface area contributed by atoms with Crippen molar-refractivity contribution in [3.8, 4) is 0 Å². The van der Waals surface area contributed by atoms with Crippen LogP contribution >= 0.6 is 0 Å². The minimum atomic E-state index is -0.185. The topological polar surface area (TPSA) is 68.3 Å². The summed E-state index contributed by atoms with van der Waals surface area (Å²) < 4.78 is 4.92. The molecule has 0 spiro atoms. The predicted molar refractivity (Wildman–Crippen MR) is 95.1 cm³/mol. The Hall–Kier alpha value is -2.69. The van der Waals surface area contributed by atoms with Gasteiger partial charge in [0.25, 0.3) is 0 Å². The van der Waals surface area contributed by atoms with Crippen LogP contribution in [0.15, 0.2) is 48.8 Å². The van der Waals surface area contributed by atoms with E-state index in [1.807, 2.05) is 42.6 Å². The Balaban J connectivity index is 1.49. The molecule has 0 saturated heterocycles. The van der Waals surface area contributed by atoms with E-state index in [2.05, 4.69) is 10.3 Å². The van der Waals surface area contributed by atoms with Crippen LogP contribution in [0.4, 0.5) is 5.69 Å². The van der Waals surface area contributed by atoms with Crippen LogP contribution in [0.1, 0.15) is 36.8 Å². The summed E-state index contributed by atoms with van der Waals surface area (Å²) in [4.78, 5) is 27.8. The number of amides is 1. The molecule has 1 fully saturated rings. The molecule has 1 N–H and O–H groups in total. The Kier molecular flexibility index (Phi) is 5.43. The maximum atomic E-state index is 12.3. The van der Waals surface area contributed by atoms with Gasteiger partial charge in [-0.2, -0.15) is 0 Å². The Bertz CT molecular complexity index is 728. The number of aromatic nitrogens is 1. The van der Waals surface area contributed by atoms with E-state index >= 15 is 0 Å². The first kappa shape index (κ1) is 17.1. The highest BCUT2D eigenvalue weighted by atomic mass is 16.5. The Morgan fingerprint density at radius 3 is 2.72 bits per heavy atom. The highest BCUT2D eigenvalue weighted by Crippen LogP contribution is 2.47. The molecule has 1 aliphatic carbocycles. The summed E-state index contributed by atoms with van der Waals surface area (Å²) in [6.07, 6.45) is 5.45. The number of benzene rings is 1. The normalized spacial score (nSPS) is 18.4. The zero-order chi connectivity index (χ0) is 17.6. The third-order valence-corrected chi connectivity index (χ3v) is 4.38. The summed E-state index contributed by atoms with van der Waals surface area (Å²) in [5, 5.41) is 2.97. The van der Waals surface area contributed by atoms with Gasteiger partial charge in [-0.25, -0.2) is 0 Å². The van der Waals surface area contributed by atoms with Crippen molar-refractivity contribution in [1.82, 2.24) is 4.98 Å². The van der Waals surface area contributed by atoms with Crippen LogP contribution in [0.2, 0.25) is 0 Å². The number of carbonyl (C=O) groups excluding carboxylic acids is 2. The molecule has 3 rings (SSSR count). The summed E-state index contributed by atoms with van der Waals surface area (Å²) in [6, 6.07) is 11.5.